The molecule has 0 atom stereocenters. The SMILES string of the molecule is O=C(NCc1ccc(Cl)cc1)c1cc(CN2CC(=O)N(c3ccc(SC(F)(F)F)cc3)C2=O)ccn1. The van der Waals surface area contributed by atoms with Crippen LogP contribution in [0.3, 0.4) is 0 Å². The van der Waals surface area contributed by atoms with Gasteiger partial charge in [-0.25, -0.2) is 9.69 Å². The van der Waals surface area contributed by atoms with E-state index in [0.717, 1.165) is 10.5 Å². The molecule has 7 nitrogen and oxygen atoms in total. The second-order valence-electron chi connectivity index (χ2n) is 7.77. The number of hydrogen-bond donors (Lipinski definition) is 1. The van der Waals surface area contributed by atoms with Crippen LogP contribution in [-0.4, -0.2) is 39.8 Å². The summed E-state index contributed by atoms with van der Waals surface area (Å²) in [6.07, 6.45) is 1.43. The van der Waals surface area contributed by atoms with Crippen LogP contribution in [0.5, 0.6) is 0 Å². The summed E-state index contributed by atoms with van der Waals surface area (Å²) in [5, 5.41) is 3.35. The maximum absolute atomic E-state index is 12.9. The van der Waals surface area contributed by atoms with Crippen molar-refractivity contribution in [1.29, 1.82) is 0 Å². The zero-order valence-corrected chi connectivity index (χ0v) is 20.0. The van der Waals surface area contributed by atoms with E-state index in [4.69, 9.17) is 11.6 Å². The lowest BCUT2D eigenvalue weighted by molar-refractivity contribution is -0.116. The van der Waals surface area contributed by atoms with Gasteiger partial charge < -0.3 is 10.2 Å². The molecule has 0 aliphatic carbocycles. The molecule has 0 bridgehead atoms. The maximum Gasteiger partial charge on any atom is 0.446 e. The van der Waals surface area contributed by atoms with Gasteiger partial charge >= 0.3 is 11.5 Å². The number of imide groups is 1. The number of pyridine rings is 1. The Morgan fingerprint density at radius 1 is 1.03 bits per heavy atom. The van der Waals surface area contributed by atoms with E-state index < -0.39 is 23.4 Å². The molecule has 2 heterocycles. The average Bonchev–Trinajstić information content (AvgIpc) is 3.11. The Morgan fingerprint density at radius 2 is 1.72 bits per heavy atom. The molecule has 1 fully saturated rings. The fraction of sp³-hybridized carbons (Fsp3) is 0.167. The van der Waals surface area contributed by atoms with Crippen molar-refractivity contribution in [1.82, 2.24) is 15.2 Å². The molecule has 1 aliphatic rings. The Bertz CT molecular complexity index is 1290. The second-order valence-corrected chi connectivity index (χ2v) is 9.34. The molecule has 4 rings (SSSR count). The number of urea groups is 1. The Balaban J connectivity index is 1.39. The number of carbonyl (C=O) groups excluding carboxylic acids is 3. The first-order chi connectivity index (χ1) is 17.1. The summed E-state index contributed by atoms with van der Waals surface area (Å²) in [7, 11) is 0. The van der Waals surface area contributed by atoms with Crippen molar-refractivity contribution in [2.75, 3.05) is 11.4 Å². The molecule has 12 heteroatoms. The summed E-state index contributed by atoms with van der Waals surface area (Å²) in [6, 6.07) is 14.6. The van der Waals surface area contributed by atoms with Gasteiger partial charge in [0.05, 0.1) is 5.69 Å². The van der Waals surface area contributed by atoms with Crippen molar-refractivity contribution in [2.24, 2.45) is 0 Å². The minimum atomic E-state index is -4.44. The molecule has 1 saturated heterocycles. The molecule has 1 aliphatic heterocycles. The zero-order chi connectivity index (χ0) is 25.9. The molecule has 0 radical (unpaired) electrons. The highest BCUT2D eigenvalue weighted by Gasteiger charge is 2.37. The number of benzene rings is 2. The number of carbonyl (C=O) groups is 3. The first kappa shape index (κ1) is 25.5. The molecule has 4 amide bonds. The molecule has 0 unspecified atom stereocenters. The molecule has 0 spiro atoms. The molecule has 36 heavy (non-hydrogen) atoms. The fourth-order valence-electron chi connectivity index (χ4n) is 3.52. The Labute approximate surface area is 213 Å². The van der Waals surface area contributed by atoms with Crippen molar-refractivity contribution in [3.8, 4) is 0 Å². The summed E-state index contributed by atoms with van der Waals surface area (Å²) < 4.78 is 37.6. The lowest BCUT2D eigenvalue weighted by atomic mass is 10.2. The van der Waals surface area contributed by atoms with Crippen LogP contribution in [0.25, 0.3) is 0 Å². The standard InChI is InChI=1S/C24H18ClF3N4O3S/c25-17-3-1-15(2-4-17)12-30-22(34)20-11-16(9-10-29-20)13-31-14-21(33)32(23(31)35)18-5-7-19(8-6-18)36-24(26,27)28/h1-11H,12-14H2,(H,30,34). The minimum Gasteiger partial charge on any atom is -0.347 e. The monoisotopic (exact) mass is 534 g/mol. The highest BCUT2D eigenvalue weighted by molar-refractivity contribution is 8.00. The third-order valence-corrected chi connectivity index (χ3v) is 6.15. The van der Waals surface area contributed by atoms with E-state index in [1.54, 1.807) is 30.3 Å². The lowest BCUT2D eigenvalue weighted by Crippen LogP contribution is -2.32. The van der Waals surface area contributed by atoms with Gasteiger partial charge in [0.15, 0.2) is 0 Å². The summed E-state index contributed by atoms with van der Waals surface area (Å²) >= 11 is 5.58. The van der Waals surface area contributed by atoms with E-state index in [1.165, 1.54) is 41.4 Å². The number of hydrogen-bond acceptors (Lipinski definition) is 5. The van der Waals surface area contributed by atoms with Crippen LogP contribution in [0, 0.1) is 0 Å². The molecule has 1 N–H and O–H groups in total. The van der Waals surface area contributed by atoms with Crippen LogP contribution in [0.4, 0.5) is 23.7 Å². The smallest absolute Gasteiger partial charge is 0.347 e. The third-order valence-electron chi connectivity index (χ3n) is 5.16. The quantitative estimate of drug-likeness (QED) is 0.331. The Morgan fingerprint density at radius 3 is 2.39 bits per heavy atom. The number of rotatable bonds is 7. The number of amides is 4. The summed E-state index contributed by atoms with van der Waals surface area (Å²) in [6.45, 7) is 0.109. The van der Waals surface area contributed by atoms with Gasteiger partial charge in [0, 0.05) is 29.2 Å². The van der Waals surface area contributed by atoms with E-state index in [0.29, 0.717) is 10.6 Å². The number of halogens is 4. The van der Waals surface area contributed by atoms with Crippen LogP contribution < -0.4 is 10.2 Å². The number of thioether (sulfide) groups is 1. The average molecular weight is 535 g/mol. The molecule has 2 aromatic carbocycles. The minimum absolute atomic E-state index is 0.0447. The van der Waals surface area contributed by atoms with Crippen LogP contribution >= 0.6 is 23.4 Å². The van der Waals surface area contributed by atoms with Crippen LogP contribution in [0.1, 0.15) is 21.6 Å². The molecule has 3 aromatic rings. The van der Waals surface area contributed by atoms with Gasteiger partial charge in [-0.3, -0.25) is 14.6 Å². The summed E-state index contributed by atoms with van der Waals surface area (Å²) in [5.74, 6) is -0.916. The summed E-state index contributed by atoms with van der Waals surface area (Å²) in [4.78, 5) is 44.1. The van der Waals surface area contributed by atoms with Crippen molar-refractivity contribution in [2.45, 2.75) is 23.5 Å². The third kappa shape index (κ3) is 6.35. The topological polar surface area (TPSA) is 82.6 Å². The van der Waals surface area contributed by atoms with Crippen molar-refractivity contribution >= 4 is 46.9 Å². The van der Waals surface area contributed by atoms with Gasteiger partial charge in [-0.2, -0.15) is 13.2 Å². The Kier molecular flexibility index (Phi) is 7.51. The number of alkyl halides is 3. The van der Waals surface area contributed by atoms with Crippen molar-refractivity contribution in [3.63, 3.8) is 0 Å². The van der Waals surface area contributed by atoms with Crippen LogP contribution in [0.2, 0.25) is 5.02 Å². The first-order valence-electron chi connectivity index (χ1n) is 10.5. The number of anilines is 1. The molecule has 1 aromatic heterocycles. The number of nitrogens with zero attached hydrogens (tertiary/aromatic N) is 3. The Hall–Kier alpha value is -3.57. The fourth-order valence-corrected chi connectivity index (χ4v) is 4.18. The second kappa shape index (κ2) is 10.6. The van der Waals surface area contributed by atoms with Gasteiger partial charge in [-0.05, 0) is 71.4 Å². The highest BCUT2D eigenvalue weighted by Crippen LogP contribution is 2.37. The normalized spacial score (nSPS) is 13.9. The van der Waals surface area contributed by atoms with Gasteiger partial charge in [-0.1, -0.05) is 23.7 Å². The van der Waals surface area contributed by atoms with Gasteiger partial charge in [-0.15, -0.1) is 0 Å². The van der Waals surface area contributed by atoms with E-state index >= 15 is 0 Å². The molecular formula is C24H18ClF3N4O3S. The van der Waals surface area contributed by atoms with Crippen LogP contribution in [0.15, 0.2) is 71.8 Å². The van der Waals surface area contributed by atoms with E-state index in [1.807, 2.05) is 0 Å². The highest BCUT2D eigenvalue weighted by atomic mass is 35.5. The zero-order valence-electron chi connectivity index (χ0n) is 18.5. The largest absolute Gasteiger partial charge is 0.446 e. The number of aromatic nitrogens is 1. The summed E-state index contributed by atoms with van der Waals surface area (Å²) in [5.41, 5.74) is -2.67. The lowest BCUT2D eigenvalue weighted by Gasteiger charge is -2.18. The molecular weight excluding hydrogens is 517 g/mol. The molecule has 0 saturated carbocycles. The molecule has 186 valence electrons. The van der Waals surface area contributed by atoms with Crippen molar-refractivity contribution in [3.05, 3.63) is 88.7 Å². The van der Waals surface area contributed by atoms with E-state index in [2.05, 4.69) is 10.3 Å². The predicted molar refractivity (Wildman–Crippen MR) is 129 cm³/mol. The van der Waals surface area contributed by atoms with Gasteiger partial charge in [0.2, 0.25) is 0 Å². The predicted octanol–water partition coefficient (Wildman–Crippen LogP) is 5.25. The van der Waals surface area contributed by atoms with Gasteiger partial charge in [0.1, 0.15) is 12.2 Å². The van der Waals surface area contributed by atoms with Crippen molar-refractivity contribution < 1.29 is 27.6 Å². The van der Waals surface area contributed by atoms with Crippen LogP contribution in [-0.2, 0) is 17.9 Å². The first-order valence-corrected chi connectivity index (χ1v) is 11.7. The number of nitrogens with one attached hydrogen (secondary N) is 1. The van der Waals surface area contributed by atoms with E-state index in [-0.39, 0.29) is 47.7 Å². The van der Waals surface area contributed by atoms with Gasteiger partial charge in [0.25, 0.3) is 11.8 Å². The maximum atomic E-state index is 12.9. The van der Waals surface area contributed by atoms with E-state index in [9.17, 15) is 27.6 Å².